The molecule has 6 aromatic heterocycles. The molecule has 632 valence electrons. The maximum atomic E-state index is 6.34. The molecule has 0 atom stereocenters. The summed E-state index contributed by atoms with van der Waals surface area (Å²) in [7, 11) is 0. The lowest BCUT2D eigenvalue weighted by Crippen LogP contribution is -2.00. The van der Waals surface area contributed by atoms with E-state index in [0.717, 1.165) is 160 Å². The lowest BCUT2D eigenvalue weighted by atomic mass is 9.97. The highest BCUT2D eigenvalue weighted by molar-refractivity contribution is 6.11. The second-order valence-electron chi connectivity index (χ2n) is 33.4. The molecule has 0 amide bonds. The van der Waals surface area contributed by atoms with Crippen LogP contribution in [-0.2, 0) is 0 Å². The van der Waals surface area contributed by atoms with Crippen LogP contribution >= 0.6 is 0 Å². The molecule has 12 nitrogen and oxygen atoms in total. The first kappa shape index (κ1) is 80.0. The van der Waals surface area contributed by atoms with E-state index >= 15 is 0 Å². The number of benzene rings is 20. The Balaban J connectivity index is 0.000000113. The highest BCUT2D eigenvalue weighted by atomic mass is 16.3. The molecule has 0 radical (unpaired) electrons. The van der Waals surface area contributed by atoms with E-state index in [9.17, 15) is 0 Å². The van der Waals surface area contributed by atoms with Crippen LogP contribution in [0.3, 0.4) is 0 Å². The van der Waals surface area contributed by atoms with Gasteiger partial charge in [0.25, 0.3) is 0 Å². The summed E-state index contributed by atoms with van der Waals surface area (Å²) in [6, 6.07) is 160. The van der Waals surface area contributed by atoms with E-state index in [4.69, 9.17) is 58.1 Å². The fourth-order valence-corrected chi connectivity index (χ4v) is 18.1. The zero-order chi connectivity index (χ0) is 89.5. The summed E-state index contributed by atoms with van der Waals surface area (Å²) in [5, 5.41) is 13.7. The molecule has 12 heteroatoms. The first-order valence-corrected chi connectivity index (χ1v) is 45.0. The molecule has 26 rings (SSSR count). The molecule has 135 heavy (non-hydrogen) atoms. The Morgan fingerprint density at radius 3 is 0.830 bits per heavy atom. The van der Waals surface area contributed by atoms with Crippen LogP contribution in [0.1, 0.15) is 0 Å². The Morgan fingerprint density at radius 2 is 0.378 bits per heavy atom. The number of nitrogens with zero attached hydrogens (tertiary/aromatic N) is 9. The van der Waals surface area contributed by atoms with Gasteiger partial charge in [-0.3, -0.25) is 0 Å². The summed E-state index contributed by atoms with van der Waals surface area (Å²) >= 11 is 0. The maximum Gasteiger partial charge on any atom is 0.164 e. The predicted molar refractivity (Wildman–Crippen MR) is 550 cm³/mol. The van der Waals surface area contributed by atoms with Gasteiger partial charge in [0, 0.05) is 88.0 Å². The number of aromatic nitrogens is 9. The Kier molecular flexibility index (Phi) is 20.7. The standard InChI is InChI=1S/C49H31N3O.C43H27N3O.C31H19N3O/c1-2-10-32(11-3-1)33-20-26-37(27-21-33)47-50-48(38-28-22-35(23-29-38)41-16-8-13-34-12-4-5-14-40(34)41)52-49(51-47)39-30-24-36(25-31-39)42-17-9-18-44-43-15-6-7-19-45(43)53-46(42)44;1-2-8-28(9-3-1)30-14-19-32(20-15-30)41-44-42(33-21-16-31(17-22-33)35-23-18-29-10-4-5-11-34(29)26-35)46-43(45-41)36-24-25-38-37-12-6-7-13-39(37)47-40(38)27-36;1-2-10-21(11-3-1)29-32-30(22-17-18-25-24-14-6-7-16-27(24)35-28(25)19-22)34-31(33-29)26-15-8-12-20-9-4-5-13-23(20)26/h1-31H;1-27H;1-19H. The van der Waals surface area contributed by atoms with Gasteiger partial charge in [-0.2, -0.15) is 0 Å². The van der Waals surface area contributed by atoms with Crippen molar-refractivity contribution < 1.29 is 13.3 Å². The van der Waals surface area contributed by atoms with E-state index in [-0.39, 0.29) is 0 Å². The van der Waals surface area contributed by atoms with Crippen LogP contribution in [0.25, 0.3) is 256 Å². The summed E-state index contributed by atoms with van der Waals surface area (Å²) in [6.07, 6.45) is 0. The summed E-state index contributed by atoms with van der Waals surface area (Å²) < 4.78 is 18.7. The minimum Gasteiger partial charge on any atom is -0.456 e. The van der Waals surface area contributed by atoms with E-state index in [0.29, 0.717) is 52.4 Å². The normalized spacial score (nSPS) is 11.4. The Labute approximate surface area is 776 Å². The molecule has 0 N–H and O–H groups in total. The van der Waals surface area contributed by atoms with E-state index in [1.165, 1.54) is 43.8 Å². The Morgan fingerprint density at radius 1 is 0.119 bits per heavy atom. The maximum absolute atomic E-state index is 6.34. The predicted octanol–water partition coefficient (Wildman–Crippen LogP) is 32.1. The molecule has 0 aliphatic heterocycles. The summed E-state index contributed by atoms with van der Waals surface area (Å²) in [5.74, 6) is 5.60. The third-order valence-corrected chi connectivity index (χ3v) is 25.1. The van der Waals surface area contributed by atoms with Crippen molar-refractivity contribution in [2.24, 2.45) is 0 Å². The Bertz CT molecular complexity index is 8950. The summed E-state index contributed by atoms with van der Waals surface area (Å²) in [4.78, 5) is 44.9. The molecule has 20 aromatic carbocycles. The smallest absolute Gasteiger partial charge is 0.164 e. The molecule has 0 spiro atoms. The molecule has 0 saturated heterocycles. The molecule has 0 fully saturated rings. The van der Waals surface area contributed by atoms with Crippen molar-refractivity contribution >= 4 is 98.1 Å². The monoisotopic (exact) mass is 1730 g/mol. The van der Waals surface area contributed by atoms with Crippen molar-refractivity contribution in [3.63, 3.8) is 0 Å². The van der Waals surface area contributed by atoms with Gasteiger partial charge in [-0.1, -0.05) is 419 Å². The number of fused-ring (bicyclic) bond motifs is 12. The van der Waals surface area contributed by atoms with E-state index in [2.05, 4.69) is 340 Å². The first-order valence-electron chi connectivity index (χ1n) is 45.0. The van der Waals surface area contributed by atoms with Crippen LogP contribution in [0, 0.1) is 0 Å². The van der Waals surface area contributed by atoms with E-state index in [1.807, 2.05) is 127 Å². The summed E-state index contributed by atoms with van der Waals surface area (Å²) in [5.41, 5.74) is 24.8. The van der Waals surface area contributed by atoms with Gasteiger partial charge in [-0.05, 0) is 131 Å². The molecular formula is C123H77N9O3. The van der Waals surface area contributed by atoms with Gasteiger partial charge >= 0.3 is 0 Å². The largest absolute Gasteiger partial charge is 0.456 e. The van der Waals surface area contributed by atoms with Gasteiger partial charge in [0.2, 0.25) is 0 Å². The number of para-hydroxylation sites is 4. The number of hydrogen-bond acceptors (Lipinski definition) is 12. The van der Waals surface area contributed by atoms with Crippen molar-refractivity contribution in [2.75, 3.05) is 0 Å². The van der Waals surface area contributed by atoms with Crippen LogP contribution in [0.4, 0.5) is 0 Å². The molecule has 26 aromatic rings. The highest BCUT2D eigenvalue weighted by Gasteiger charge is 2.22. The zero-order valence-electron chi connectivity index (χ0n) is 72.7. The van der Waals surface area contributed by atoms with E-state index < -0.39 is 0 Å². The number of rotatable bonds is 14. The van der Waals surface area contributed by atoms with Crippen LogP contribution < -0.4 is 0 Å². The number of hydrogen-bond donors (Lipinski definition) is 0. The molecule has 0 aliphatic rings. The van der Waals surface area contributed by atoms with E-state index in [1.54, 1.807) is 0 Å². The second kappa shape index (κ2) is 34.9. The first-order chi connectivity index (χ1) is 66.8. The molecule has 0 bridgehead atoms. The SMILES string of the molecule is c1ccc(-c2ccc(-c3nc(-c4ccc(-c5ccc6ccccc6c5)cc4)nc(-c4ccc5c(c4)oc4ccccc45)n3)cc2)cc1.c1ccc(-c2ccc(-c3nc(-c4ccc(-c5cccc6ccccc56)cc4)nc(-c4ccc(-c5cccc6c5oc5ccccc56)cc4)n3)cc2)cc1.c1ccc(-c2nc(-c3ccc4c(c3)oc3ccccc34)nc(-c3cccc4ccccc34)n2)cc1. The minimum absolute atomic E-state index is 0.595. The quantitative estimate of drug-likeness (QED) is 0.102. The Hall–Kier alpha value is -18.4. The molecule has 6 heterocycles. The highest BCUT2D eigenvalue weighted by Crippen LogP contribution is 2.42. The van der Waals surface area contributed by atoms with Crippen molar-refractivity contribution in [3.8, 4) is 158 Å². The van der Waals surface area contributed by atoms with Crippen molar-refractivity contribution in [2.45, 2.75) is 0 Å². The van der Waals surface area contributed by atoms with Gasteiger partial charge < -0.3 is 13.3 Å². The summed E-state index contributed by atoms with van der Waals surface area (Å²) in [6.45, 7) is 0. The van der Waals surface area contributed by atoms with Crippen LogP contribution in [0.15, 0.2) is 480 Å². The van der Waals surface area contributed by atoms with Gasteiger partial charge in [0.05, 0.1) is 0 Å². The van der Waals surface area contributed by atoms with Crippen LogP contribution in [-0.4, -0.2) is 44.9 Å². The van der Waals surface area contributed by atoms with Crippen LogP contribution in [0.2, 0.25) is 0 Å². The second-order valence-corrected chi connectivity index (χ2v) is 33.4. The van der Waals surface area contributed by atoms with Gasteiger partial charge in [0.15, 0.2) is 52.4 Å². The molecule has 0 unspecified atom stereocenters. The van der Waals surface area contributed by atoms with Crippen molar-refractivity contribution in [1.29, 1.82) is 0 Å². The third kappa shape index (κ3) is 15.9. The lowest BCUT2D eigenvalue weighted by Gasteiger charge is -2.11. The van der Waals surface area contributed by atoms with Crippen LogP contribution in [0.5, 0.6) is 0 Å². The van der Waals surface area contributed by atoms with Gasteiger partial charge in [-0.25, -0.2) is 44.9 Å². The van der Waals surface area contributed by atoms with Crippen molar-refractivity contribution in [3.05, 3.63) is 467 Å². The third-order valence-electron chi connectivity index (χ3n) is 25.1. The fourth-order valence-electron chi connectivity index (χ4n) is 18.1. The topological polar surface area (TPSA) is 155 Å². The van der Waals surface area contributed by atoms with Crippen molar-refractivity contribution in [1.82, 2.24) is 44.9 Å². The van der Waals surface area contributed by atoms with Gasteiger partial charge in [0.1, 0.15) is 33.5 Å². The molecule has 0 saturated carbocycles. The molecule has 0 aliphatic carbocycles. The average molecular weight is 1730 g/mol. The number of furan rings is 3. The lowest BCUT2D eigenvalue weighted by molar-refractivity contribution is 0.668. The fraction of sp³-hybridized carbons (Fsp3) is 0. The average Bonchev–Trinajstić information content (AvgIpc) is 1.60. The molecular weight excluding hydrogens is 1650 g/mol. The van der Waals surface area contributed by atoms with Gasteiger partial charge in [-0.15, -0.1) is 0 Å². The minimum atomic E-state index is 0.595. The zero-order valence-corrected chi connectivity index (χ0v) is 72.7.